The van der Waals surface area contributed by atoms with Crippen LogP contribution >= 0.6 is 0 Å². The van der Waals surface area contributed by atoms with Gasteiger partial charge < -0.3 is 20.1 Å². The van der Waals surface area contributed by atoms with Crippen LogP contribution < -0.4 is 4.74 Å². The maximum Gasteiger partial charge on any atom is 0.200 e. The molecule has 0 spiro atoms. The van der Waals surface area contributed by atoms with Gasteiger partial charge in [0.1, 0.15) is 28.4 Å². The minimum Gasteiger partial charge on any atom is -0.507 e. The molecule has 0 radical (unpaired) electrons. The molecular weight excluding hydrogens is 416 g/mol. The fraction of sp³-hybridized carbons (Fsp3) is 0.393. The highest BCUT2D eigenvalue weighted by Crippen LogP contribution is 2.49. The summed E-state index contributed by atoms with van der Waals surface area (Å²) >= 11 is 0. The number of aliphatic hydroxyl groups is 1. The van der Waals surface area contributed by atoms with Crippen molar-refractivity contribution < 1.29 is 24.9 Å². The zero-order valence-corrected chi connectivity index (χ0v) is 20.1. The molecule has 0 saturated heterocycles. The van der Waals surface area contributed by atoms with E-state index in [-0.39, 0.29) is 47.0 Å². The lowest BCUT2D eigenvalue weighted by Gasteiger charge is -2.41. The Kier molecular flexibility index (Phi) is 7.33. The molecule has 0 aromatic heterocycles. The van der Waals surface area contributed by atoms with Crippen LogP contribution in [0, 0.1) is 0 Å². The first-order valence-electron chi connectivity index (χ1n) is 11.4. The first kappa shape index (κ1) is 24.6. The summed E-state index contributed by atoms with van der Waals surface area (Å²) in [6.45, 7) is 9.68. The second-order valence-corrected chi connectivity index (χ2v) is 9.49. The van der Waals surface area contributed by atoms with Crippen molar-refractivity contribution in [1.82, 2.24) is 0 Å². The van der Waals surface area contributed by atoms with Gasteiger partial charge in [0.2, 0.25) is 5.78 Å². The number of rotatable bonds is 7. The minimum atomic E-state index is -0.967. The number of carbonyl (C=O) groups excluding carboxylic acids is 1. The molecule has 2 atom stereocenters. The highest BCUT2D eigenvalue weighted by molar-refractivity contribution is 6.13. The summed E-state index contributed by atoms with van der Waals surface area (Å²) in [7, 11) is 0. The van der Waals surface area contributed by atoms with Gasteiger partial charge in [0, 0.05) is 23.1 Å². The van der Waals surface area contributed by atoms with Crippen LogP contribution in [0.4, 0.5) is 0 Å². The molecule has 0 amide bonds. The Morgan fingerprint density at radius 1 is 1.06 bits per heavy atom. The Morgan fingerprint density at radius 2 is 1.70 bits per heavy atom. The van der Waals surface area contributed by atoms with Gasteiger partial charge in [-0.15, -0.1) is 0 Å². The molecule has 0 unspecified atom stereocenters. The van der Waals surface area contributed by atoms with E-state index < -0.39 is 11.7 Å². The number of aliphatic hydroxyl groups excluding tert-OH is 1. The molecule has 5 nitrogen and oxygen atoms in total. The second-order valence-electron chi connectivity index (χ2n) is 9.49. The van der Waals surface area contributed by atoms with Gasteiger partial charge >= 0.3 is 0 Å². The van der Waals surface area contributed by atoms with Gasteiger partial charge in [-0.2, -0.15) is 0 Å². The first-order chi connectivity index (χ1) is 15.5. The number of ketones is 1. The molecule has 2 aromatic rings. The Labute approximate surface area is 196 Å². The van der Waals surface area contributed by atoms with Gasteiger partial charge in [-0.3, -0.25) is 4.79 Å². The van der Waals surface area contributed by atoms with Crippen LogP contribution in [-0.4, -0.2) is 32.8 Å². The fourth-order valence-electron chi connectivity index (χ4n) is 4.13. The third-order valence-corrected chi connectivity index (χ3v) is 6.20. The summed E-state index contributed by atoms with van der Waals surface area (Å²) in [6, 6.07) is 8.70. The van der Waals surface area contributed by atoms with Crippen molar-refractivity contribution in [3.63, 3.8) is 0 Å². The van der Waals surface area contributed by atoms with Gasteiger partial charge in [0.15, 0.2) is 0 Å². The number of hydrogen-bond acceptors (Lipinski definition) is 5. The number of phenolic OH excluding ortho intramolecular Hbond substituents is 2. The molecule has 0 saturated carbocycles. The van der Waals surface area contributed by atoms with Crippen molar-refractivity contribution in [2.75, 3.05) is 0 Å². The fourth-order valence-corrected chi connectivity index (χ4v) is 4.13. The standard InChI is InChI=1S/C28H34O5/c1-17(2)10-9-15-28(5)22(29)16-21-25(31)20(14-13-18(3)4)26(32)23(27(21)33-28)24(30)19-11-7-6-8-12-19/h6-8,10-13,22,29,31-32H,9,14-16H2,1-5H3/t22-,28+/m1/s1. The molecule has 0 fully saturated rings. The molecule has 3 N–H and O–H groups in total. The molecule has 2 aromatic carbocycles. The van der Waals surface area contributed by atoms with Crippen LogP contribution in [0.2, 0.25) is 0 Å². The van der Waals surface area contributed by atoms with E-state index in [2.05, 4.69) is 6.08 Å². The quantitative estimate of drug-likeness (QED) is 0.375. The molecule has 1 aliphatic heterocycles. The van der Waals surface area contributed by atoms with Gasteiger partial charge in [-0.05, 0) is 53.9 Å². The van der Waals surface area contributed by atoms with Crippen LogP contribution in [0.25, 0.3) is 0 Å². The summed E-state index contributed by atoms with van der Waals surface area (Å²) in [5.41, 5.74) is 2.29. The van der Waals surface area contributed by atoms with E-state index in [1.807, 2.05) is 39.8 Å². The lowest BCUT2D eigenvalue weighted by atomic mass is 9.82. The number of benzene rings is 2. The smallest absolute Gasteiger partial charge is 0.200 e. The average molecular weight is 451 g/mol. The highest BCUT2D eigenvalue weighted by atomic mass is 16.5. The number of aromatic hydroxyl groups is 2. The molecule has 5 heteroatoms. The maximum atomic E-state index is 13.5. The second kappa shape index (κ2) is 9.84. The Balaban J connectivity index is 2.18. The third-order valence-electron chi connectivity index (χ3n) is 6.20. The molecule has 176 valence electrons. The number of hydrogen-bond donors (Lipinski definition) is 3. The molecule has 3 rings (SSSR count). The van der Waals surface area contributed by atoms with E-state index in [0.29, 0.717) is 24.0 Å². The monoisotopic (exact) mass is 450 g/mol. The summed E-state index contributed by atoms with van der Waals surface area (Å²) in [5, 5.41) is 33.2. The average Bonchev–Trinajstić information content (AvgIpc) is 2.75. The Morgan fingerprint density at radius 3 is 2.30 bits per heavy atom. The molecule has 1 aliphatic rings. The summed E-state index contributed by atoms with van der Waals surface area (Å²) in [5.74, 6) is -0.633. The lowest BCUT2D eigenvalue weighted by Crippen LogP contribution is -2.49. The van der Waals surface area contributed by atoms with E-state index in [4.69, 9.17) is 4.74 Å². The summed E-state index contributed by atoms with van der Waals surface area (Å²) in [6.07, 6.45) is 4.69. The molecular formula is C28H34O5. The topological polar surface area (TPSA) is 87.0 Å². The molecule has 33 heavy (non-hydrogen) atoms. The zero-order chi connectivity index (χ0) is 24.3. The summed E-state index contributed by atoms with van der Waals surface area (Å²) < 4.78 is 6.29. The molecule has 0 aliphatic carbocycles. The normalized spacial score (nSPS) is 19.3. The SMILES string of the molecule is CC(C)=CCC[C@]1(C)Oc2c(c(O)c(CC=C(C)C)c(O)c2C(=O)c2ccccc2)C[C@H]1O. The van der Waals surface area contributed by atoms with Crippen LogP contribution in [0.1, 0.15) is 74.5 Å². The lowest BCUT2D eigenvalue weighted by molar-refractivity contribution is -0.0597. The first-order valence-corrected chi connectivity index (χ1v) is 11.4. The number of phenols is 2. The predicted octanol–water partition coefficient (Wildman–Crippen LogP) is 5.64. The van der Waals surface area contributed by atoms with Gasteiger partial charge in [0.25, 0.3) is 0 Å². The van der Waals surface area contributed by atoms with Crippen LogP contribution in [-0.2, 0) is 12.8 Å². The van der Waals surface area contributed by atoms with Crippen molar-refractivity contribution in [2.24, 2.45) is 0 Å². The van der Waals surface area contributed by atoms with Crippen molar-refractivity contribution in [3.8, 4) is 17.2 Å². The van der Waals surface area contributed by atoms with E-state index in [1.54, 1.807) is 31.2 Å². The van der Waals surface area contributed by atoms with E-state index >= 15 is 0 Å². The molecule has 1 heterocycles. The van der Waals surface area contributed by atoms with Crippen molar-refractivity contribution >= 4 is 5.78 Å². The van der Waals surface area contributed by atoms with E-state index in [9.17, 15) is 20.1 Å². The molecule has 0 bridgehead atoms. The number of allylic oxidation sites excluding steroid dienone is 4. The maximum absolute atomic E-state index is 13.5. The van der Waals surface area contributed by atoms with Gasteiger partial charge in [-0.1, -0.05) is 53.6 Å². The van der Waals surface area contributed by atoms with Gasteiger partial charge in [-0.25, -0.2) is 0 Å². The Bertz CT molecular complexity index is 1090. The van der Waals surface area contributed by atoms with Crippen LogP contribution in [0.5, 0.6) is 17.2 Å². The van der Waals surface area contributed by atoms with Crippen LogP contribution in [0.15, 0.2) is 53.6 Å². The zero-order valence-electron chi connectivity index (χ0n) is 20.1. The predicted molar refractivity (Wildman–Crippen MR) is 130 cm³/mol. The highest BCUT2D eigenvalue weighted by Gasteiger charge is 2.43. The largest absolute Gasteiger partial charge is 0.507 e. The number of ether oxygens (including phenoxy) is 1. The third kappa shape index (κ3) is 5.14. The van der Waals surface area contributed by atoms with Gasteiger partial charge in [0.05, 0.1) is 6.10 Å². The minimum absolute atomic E-state index is 0.0338. The van der Waals surface area contributed by atoms with E-state index in [0.717, 1.165) is 5.57 Å². The van der Waals surface area contributed by atoms with Crippen molar-refractivity contribution in [1.29, 1.82) is 0 Å². The van der Waals surface area contributed by atoms with Crippen molar-refractivity contribution in [2.45, 2.75) is 72.0 Å². The number of fused-ring (bicyclic) bond motifs is 1. The van der Waals surface area contributed by atoms with Crippen molar-refractivity contribution in [3.05, 3.63) is 75.9 Å². The van der Waals surface area contributed by atoms with Crippen LogP contribution in [0.3, 0.4) is 0 Å². The van der Waals surface area contributed by atoms with E-state index in [1.165, 1.54) is 5.57 Å². The Hall–Kier alpha value is -3.05. The number of carbonyl (C=O) groups is 1. The summed E-state index contributed by atoms with van der Waals surface area (Å²) in [4.78, 5) is 13.5.